The Morgan fingerprint density at radius 3 is 2.83 bits per heavy atom. The van der Waals surface area contributed by atoms with Gasteiger partial charge in [-0.15, -0.1) is 11.3 Å². The normalized spacial score (nSPS) is 10.3. The molecule has 0 radical (unpaired) electrons. The fraction of sp³-hybridized carbons (Fsp3) is 0.273. The van der Waals surface area contributed by atoms with Gasteiger partial charge in [-0.3, -0.25) is 0 Å². The molecule has 2 aromatic rings. The topological polar surface area (TPSA) is 75.9 Å². The molecule has 2 rings (SSSR count). The van der Waals surface area contributed by atoms with E-state index in [1.54, 1.807) is 11.3 Å². The third-order valence-corrected chi connectivity index (χ3v) is 3.72. The zero-order valence-corrected chi connectivity index (χ0v) is 12.1. The smallest absolute Gasteiger partial charge is 0.136 e. The van der Waals surface area contributed by atoms with Crippen LogP contribution in [0.15, 0.2) is 28.3 Å². The SMILES string of the molecule is NCCCNc1cc(Nc2ccc(Br)s2)ncn1. The first-order valence-electron chi connectivity index (χ1n) is 5.56. The van der Waals surface area contributed by atoms with Gasteiger partial charge in [0.2, 0.25) is 0 Å². The Bertz CT molecular complexity index is 502. The molecule has 7 heteroatoms. The molecule has 2 heterocycles. The minimum absolute atomic E-state index is 0.673. The Morgan fingerprint density at radius 1 is 1.28 bits per heavy atom. The Balaban J connectivity index is 1.98. The van der Waals surface area contributed by atoms with Crippen molar-refractivity contribution in [3.05, 3.63) is 28.3 Å². The Kier molecular flexibility index (Phi) is 4.91. The fourth-order valence-electron chi connectivity index (χ4n) is 1.35. The van der Waals surface area contributed by atoms with Gasteiger partial charge in [-0.1, -0.05) is 0 Å². The summed E-state index contributed by atoms with van der Waals surface area (Å²) in [4.78, 5) is 8.33. The van der Waals surface area contributed by atoms with Crippen LogP contribution in [0, 0.1) is 0 Å². The van der Waals surface area contributed by atoms with Gasteiger partial charge in [0.15, 0.2) is 0 Å². The van der Waals surface area contributed by atoms with Crippen LogP contribution >= 0.6 is 27.3 Å². The van der Waals surface area contributed by atoms with E-state index in [0.29, 0.717) is 6.54 Å². The van der Waals surface area contributed by atoms with Gasteiger partial charge in [0.25, 0.3) is 0 Å². The van der Waals surface area contributed by atoms with Crippen LogP contribution in [0.25, 0.3) is 0 Å². The van der Waals surface area contributed by atoms with Gasteiger partial charge in [-0.2, -0.15) is 0 Å². The monoisotopic (exact) mass is 327 g/mol. The highest BCUT2D eigenvalue weighted by Gasteiger charge is 2.01. The number of anilines is 3. The number of nitrogens with zero attached hydrogens (tertiary/aromatic N) is 2. The molecule has 0 aliphatic heterocycles. The number of rotatable bonds is 6. The van der Waals surface area contributed by atoms with Crippen LogP contribution in [0.1, 0.15) is 6.42 Å². The Hall–Kier alpha value is -1.18. The maximum absolute atomic E-state index is 5.44. The van der Waals surface area contributed by atoms with Crippen molar-refractivity contribution in [2.45, 2.75) is 6.42 Å². The van der Waals surface area contributed by atoms with Crippen molar-refractivity contribution in [3.63, 3.8) is 0 Å². The first-order chi connectivity index (χ1) is 8.78. The Morgan fingerprint density at radius 2 is 2.11 bits per heavy atom. The molecule has 0 saturated heterocycles. The highest BCUT2D eigenvalue weighted by atomic mass is 79.9. The molecule has 2 aromatic heterocycles. The summed E-state index contributed by atoms with van der Waals surface area (Å²) in [6.45, 7) is 1.49. The third-order valence-electron chi connectivity index (χ3n) is 2.18. The summed E-state index contributed by atoms with van der Waals surface area (Å²) in [5.74, 6) is 1.58. The lowest BCUT2D eigenvalue weighted by Crippen LogP contribution is -2.09. The van der Waals surface area contributed by atoms with Gasteiger partial charge in [-0.25, -0.2) is 9.97 Å². The average Bonchev–Trinajstić information content (AvgIpc) is 2.76. The predicted molar refractivity (Wildman–Crippen MR) is 79.5 cm³/mol. The van der Waals surface area contributed by atoms with E-state index in [1.807, 2.05) is 18.2 Å². The second kappa shape index (κ2) is 6.67. The molecular weight excluding hydrogens is 314 g/mol. The first kappa shape index (κ1) is 13.3. The van der Waals surface area contributed by atoms with E-state index >= 15 is 0 Å². The summed E-state index contributed by atoms with van der Waals surface area (Å²) >= 11 is 5.04. The quantitative estimate of drug-likeness (QED) is 0.711. The molecule has 0 unspecified atom stereocenters. The lowest BCUT2D eigenvalue weighted by atomic mass is 10.4. The second-order valence-electron chi connectivity index (χ2n) is 3.59. The van der Waals surface area contributed by atoms with Crippen LogP contribution in [0.3, 0.4) is 0 Å². The summed E-state index contributed by atoms with van der Waals surface area (Å²) in [6, 6.07) is 5.87. The standard InChI is InChI=1S/C11H14BrN5S/c12-8-2-3-11(18-8)17-10-6-9(15-7-16-10)14-5-1-4-13/h2-3,6-7H,1,4-5,13H2,(H2,14,15,16,17). The molecule has 0 saturated carbocycles. The highest BCUT2D eigenvalue weighted by Crippen LogP contribution is 2.28. The lowest BCUT2D eigenvalue weighted by molar-refractivity contribution is 0.869. The van der Waals surface area contributed by atoms with Gasteiger partial charge in [-0.05, 0) is 41.0 Å². The van der Waals surface area contributed by atoms with Gasteiger partial charge in [0.05, 0.1) is 8.79 Å². The van der Waals surface area contributed by atoms with E-state index in [1.165, 1.54) is 6.33 Å². The van der Waals surface area contributed by atoms with Crippen molar-refractivity contribution in [2.75, 3.05) is 23.7 Å². The maximum atomic E-state index is 5.44. The zero-order chi connectivity index (χ0) is 12.8. The van der Waals surface area contributed by atoms with Gasteiger partial charge in [0, 0.05) is 12.6 Å². The molecule has 0 aromatic carbocycles. The number of aromatic nitrogens is 2. The summed E-state index contributed by atoms with van der Waals surface area (Å²) in [6.07, 6.45) is 2.46. The largest absolute Gasteiger partial charge is 0.370 e. The molecule has 0 spiro atoms. The molecule has 0 fully saturated rings. The van der Waals surface area contributed by atoms with E-state index in [4.69, 9.17) is 5.73 Å². The van der Waals surface area contributed by atoms with Gasteiger partial charge >= 0.3 is 0 Å². The van der Waals surface area contributed by atoms with Gasteiger partial charge in [0.1, 0.15) is 18.0 Å². The summed E-state index contributed by atoms with van der Waals surface area (Å²) in [5, 5.41) is 7.46. The minimum atomic E-state index is 0.673. The van der Waals surface area contributed by atoms with Gasteiger partial charge < -0.3 is 16.4 Å². The van der Waals surface area contributed by atoms with Crippen LogP contribution in [0.2, 0.25) is 0 Å². The molecular formula is C11H14BrN5S. The maximum Gasteiger partial charge on any atom is 0.136 e. The molecule has 96 valence electrons. The summed E-state index contributed by atoms with van der Waals surface area (Å²) < 4.78 is 1.08. The molecule has 0 aliphatic carbocycles. The van der Waals surface area contributed by atoms with Crippen molar-refractivity contribution < 1.29 is 0 Å². The zero-order valence-electron chi connectivity index (χ0n) is 9.69. The van der Waals surface area contributed by atoms with Crippen LogP contribution in [0.5, 0.6) is 0 Å². The number of halogens is 1. The Labute approximate surface area is 118 Å². The number of nitrogens with one attached hydrogen (secondary N) is 2. The van der Waals surface area contributed by atoms with Crippen molar-refractivity contribution in [2.24, 2.45) is 5.73 Å². The molecule has 0 bridgehead atoms. The van der Waals surface area contributed by atoms with Crippen LogP contribution < -0.4 is 16.4 Å². The molecule has 0 amide bonds. The fourth-order valence-corrected chi connectivity index (χ4v) is 2.64. The van der Waals surface area contributed by atoms with E-state index in [-0.39, 0.29) is 0 Å². The third kappa shape index (κ3) is 3.94. The molecule has 0 aliphatic rings. The predicted octanol–water partition coefficient (Wildman–Crippen LogP) is 2.80. The summed E-state index contributed by atoms with van der Waals surface area (Å²) in [7, 11) is 0. The van der Waals surface area contributed by atoms with Crippen molar-refractivity contribution in [1.29, 1.82) is 0 Å². The van der Waals surface area contributed by atoms with Crippen LogP contribution in [0.4, 0.5) is 16.6 Å². The van der Waals surface area contributed by atoms with Crippen LogP contribution in [-0.2, 0) is 0 Å². The lowest BCUT2D eigenvalue weighted by Gasteiger charge is -2.06. The minimum Gasteiger partial charge on any atom is -0.370 e. The van der Waals surface area contributed by atoms with Crippen molar-refractivity contribution in [3.8, 4) is 0 Å². The molecule has 4 N–H and O–H groups in total. The second-order valence-corrected chi connectivity index (χ2v) is 6.05. The number of nitrogens with two attached hydrogens (primary N) is 1. The average molecular weight is 328 g/mol. The van der Waals surface area contributed by atoms with E-state index in [9.17, 15) is 0 Å². The van der Waals surface area contributed by atoms with Crippen LogP contribution in [-0.4, -0.2) is 23.1 Å². The van der Waals surface area contributed by atoms with E-state index < -0.39 is 0 Å². The molecule has 0 atom stereocenters. The number of hydrogen-bond donors (Lipinski definition) is 3. The first-order valence-corrected chi connectivity index (χ1v) is 7.17. The highest BCUT2D eigenvalue weighted by molar-refractivity contribution is 9.11. The molecule has 5 nitrogen and oxygen atoms in total. The number of hydrogen-bond acceptors (Lipinski definition) is 6. The van der Waals surface area contributed by atoms with E-state index in [2.05, 4.69) is 36.5 Å². The van der Waals surface area contributed by atoms with Crippen molar-refractivity contribution >= 4 is 43.9 Å². The summed E-state index contributed by atoms with van der Waals surface area (Å²) in [5.41, 5.74) is 5.44. The van der Waals surface area contributed by atoms with Crippen molar-refractivity contribution in [1.82, 2.24) is 9.97 Å². The van der Waals surface area contributed by atoms with E-state index in [0.717, 1.165) is 33.4 Å². The number of thiophene rings is 1. The molecule has 18 heavy (non-hydrogen) atoms.